The number of methoxy groups -OCH3 is 1. The number of hydrogen-bond acceptors (Lipinski definition) is 12. The molecule has 1 aliphatic rings. The van der Waals surface area contributed by atoms with E-state index in [-0.39, 0.29) is 71.7 Å². The van der Waals surface area contributed by atoms with Crippen molar-refractivity contribution in [1.82, 2.24) is 43.6 Å². The summed E-state index contributed by atoms with van der Waals surface area (Å²) in [5.41, 5.74) is 8.62. The number of aromatic nitrogens is 8. The van der Waals surface area contributed by atoms with Crippen LogP contribution in [0.4, 0.5) is 16.7 Å². The molecule has 1 fully saturated rings. The molecule has 70 heavy (non-hydrogen) atoms. The number of carboxylic acids is 1. The van der Waals surface area contributed by atoms with Gasteiger partial charge >= 0.3 is 12.1 Å². The molecule has 6 aromatic rings. The predicted octanol–water partition coefficient (Wildman–Crippen LogP) is 6.42. The van der Waals surface area contributed by atoms with E-state index in [2.05, 4.69) is 37.7 Å². The number of hydrogen-bond donors (Lipinski definition) is 4. The van der Waals surface area contributed by atoms with E-state index in [1.807, 2.05) is 34.6 Å². The van der Waals surface area contributed by atoms with Crippen molar-refractivity contribution in [3.05, 3.63) is 82.5 Å². The van der Waals surface area contributed by atoms with Crippen LogP contribution in [0.1, 0.15) is 107 Å². The number of carbonyl (C=O) groups is 5. The van der Waals surface area contributed by atoms with Gasteiger partial charge < -0.3 is 39.1 Å². The maximum absolute atomic E-state index is 13.9. The van der Waals surface area contributed by atoms with Gasteiger partial charge in [0, 0.05) is 51.3 Å². The van der Waals surface area contributed by atoms with Gasteiger partial charge in [0.05, 0.1) is 35.1 Å². The molecule has 368 valence electrons. The van der Waals surface area contributed by atoms with E-state index in [1.165, 1.54) is 31.4 Å². The number of aromatic carboxylic acids is 1. The quantitative estimate of drug-likeness (QED) is 0.0604. The molecule has 21 heteroatoms. The lowest BCUT2D eigenvalue weighted by Crippen LogP contribution is -2.42. The van der Waals surface area contributed by atoms with Crippen LogP contribution in [0, 0.1) is 31.6 Å². The van der Waals surface area contributed by atoms with Crippen molar-refractivity contribution in [1.29, 1.82) is 0 Å². The van der Waals surface area contributed by atoms with Gasteiger partial charge in [-0.05, 0) is 104 Å². The first-order valence-corrected chi connectivity index (χ1v) is 23.0. The van der Waals surface area contributed by atoms with E-state index in [4.69, 9.17) is 24.9 Å². The second kappa shape index (κ2) is 21.0. The molecular weight excluding hydrogens is 901 g/mol. The monoisotopic (exact) mass is 958 g/mol. The van der Waals surface area contributed by atoms with Gasteiger partial charge in [0.1, 0.15) is 46.1 Å². The fourth-order valence-electron chi connectivity index (χ4n) is 8.27. The number of nitrogens with one attached hydrogen (secondary N) is 2. The third kappa shape index (κ3) is 11.2. The maximum atomic E-state index is 13.9. The second-order valence-corrected chi connectivity index (χ2v) is 17.8. The van der Waals surface area contributed by atoms with E-state index >= 15 is 0 Å². The van der Waals surface area contributed by atoms with Crippen molar-refractivity contribution in [2.75, 3.05) is 37.4 Å². The van der Waals surface area contributed by atoms with Crippen LogP contribution in [0.15, 0.2) is 48.6 Å². The van der Waals surface area contributed by atoms with E-state index in [0.29, 0.717) is 71.9 Å². The predicted molar refractivity (Wildman–Crippen MR) is 260 cm³/mol. The number of nitrogens with two attached hydrogens (primary N) is 1. The van der Waals surface area contributed by atoms with E-state index in [9.17, 15) is 29.1 Å². The molecule has 21 nitrogen and oxygen atoms in total. The Bertz CT molecular complexity index is 3080. The highest BCUT2D eigenvalue weighted by Gasteiger charge is 2.28. The Hall–Kier alpha value is -8.15. The molecule has 5 N–H and O–H groups in total. The standard InChI is InChI=1S/C49H58N12O9/c1-9-60-36(22-29(3)55-60)43(63)53-46-52-35-25-33(45(65)66)27-38(68-8)40(35)58(46)19-12-13-20-59-41-34(51-47(59)54-44(64)37-23-30(4)56-61(37)10-2)24-32(42(50)62)26-39(41)69-21-14-11-16-31-17-15-18-57(28-31)48(67)70-49(5,6)7/h12-13,22-27,31H,9-10,15-21,28H2,1-8H3,(H2,50,62)(H,65,66)(H,51,54,64)(H,52,53,63). The molecule has 0 radical (unpaired) electrons. The molecular formula is C49H58N12O9. The van der Waals surface area contributed by atoms with Crippen LogP contribution in [0.3, 0.4) is 0 Å². The number of amides is 4. The maximum Gasteiger partial charge on any atom is 0.410 e. The number of nitrogens with zero attached hydrogens (tertiary/aromatic N) is 9. The molecule has 4 amide bonds. The Balaban J connectivity index is 1.21. The third-order valence-electron chi connectivity index (χ3n) is 11.4. The first-order chi connectivity index (χ1) is 33.4. The van der Waals surface area contributed by atoms with Crippen LogP contribution in [-0.2, 0) is 30.9 Å². The summed E-state index contributed by atoms with van der Waals surface area (Å²) in [5, 5.41) is 24.5. The number of anilines is 2. The highest BCUT2D eigenvalue weighted by Crippen LogP contribution is 2.33. The summed E-state index contributed by atoms with van der Waals surface area (Å²) in [4.78, 5) is 76.2. The van der Waals surface area contributed by atoms with Gasteiger partial charge in [0.15, 0.2) is 0 Å². The fourth-order valence-corrected chi connectivity index (χ4v) is 8.27. The van der Waals surface area contributed by atoms with Crippen LogP contribution in [0.5, 0.6) is 11.5 Å². The van der Waals surface area contributed by atoms with Crippen LogP contribution >= 0.6 is 0 Å². The number of allylic oxidation sites excluding steroid dienone is 2. The summed E-state index contributed by atoms with van der Waals surface area (Å²) in [6, 6.07) is 9.14. The molecule has 1 aliphatic heterocycles. The fraction of sp³-hybridized carbons (Fsp3) is 0.408. The first-order valence-electron chi connectivity index (χ1n) is 23.0. The first kappa shape index (κ1) is 49.7. The Labute approximate surface area is 403 Å². The van der Waals surface area contributed by atoms with E-state index in [0.717, 1.165) is 12.8 Å². The molecule has 0 spiro atoms. The zero-order chi connectivity index (χ0) is 50.4. The smallest absolute Gasteiger partial charge is 0.410 e. The highest BCUT2D eigenvalue weighted by atomic mass is 16.6. The van der Waals surface area contributed by atoms with Crippen molar-refractivity contribution in [2.45, 2.75) is 99.5 Å². The number of fused-ring (bicyclic) bond motifs is 2. The Morgan fingerprint density at radius 1 is 0.814 bits per heavy atom. The minimum Gasteiger partial charge on any atom is -0.494 e. The minimum absolute atomic E-state index is 0.0554. The van der Waals surface area contributed by atoms with Gasteiger partial charge in [-0.25, -0.2) is 19.6 Å². The zero-order valence-corrected chi connectivity index (χ0v) is 40.6. The summed E-state index contributed by atoms with van der Waals surface area (Å²) < 4.78 is 24.1. The van der Waals surface area contributed by atoms with Crippen LogP contribution in [-0.4, -0.2) is 111 Å². The Morgan fingerprint density at radius 3 is 1.87 bits per heavy atom. The molecule has 5 heterocycles. The number of imidazole rings is 2. The second-order valence-electron chi connectivity index (χ2n) is 17.8. The van der Waals surface area contributed by atoms with Crippen LogP contribution < -0.4 is 25.8 Å². The van der Waals surface area contributed by atoms with Crippen molar-refractivity contribution in [3.8, 4) is 23.3 Å². The summed E-state index contributed by atoms with van der Waals surface area (Å²) in [6.07, 6.45) is 5.54. The average molecular weight is 959 g/mol. The lowest BCUT2D eigenvalue weighted by molar-refractivity contribution is 0.0168. The lowest BCUT2D eigenvalue weighted by atomic mass is 9.95. The molecule has 4 aromatic heterocycles. The van der Waals surface area contributed by atoms with Gasteiger partial charge in [-0.1, -0.05) is 24.0 Å². The Morgan fingerprint density at radius 2 is 1.36 bits per heavy atom. The van der Waals surface area contributed by atoms with E-state index < -0.39 is 29.3 Å². The number of rotatable bonds is 16. The summed E-state index contributed by atoms with van der Waals surface area (Å²) in [6.45, 7) is 15.0. The molecule has 1 unspecified atom stereocenters. The van der Waals surface area contributed by atoms with E-state index in [1.54, 1.807) is 61.5 Å². The Kier molecular flexibility index (Phi) is 14.9. The molecule has 0 bridgehead atoms. The number of carboxylic acid groups (broad SMARTS) is 1. The molecule has 0 aliphatic carbocycles. The third-order valence-corrected chi connectivity index (χ3v) is 11.4. The SMILES string of the molecule is CCn1nc(C)cc1C(=O)Nc1nc2cc(C(=O)O)cc(OC)c2n1CC=CCn1c(NC(=O)c2cc(C)nn2CC)nc2cc(C(N)=O)cc(OCC#CCC3CCCN(C(=O)OC(C)(C)C)C3)c21. The minimum atomic E-state index is -1.18. The van der Waals surface area contributed by atoms with Gasteiger partial charge in [-0.2, -0.15) is 10.2 Å². The van der Waals surface area contributed by atoms with Crippen LogP contribution in [0.2, 0.25) is 0 Å². The van der Waals surface area contributed by atoms with Gasteiger partial charge in [0.25, 0.3) is 11.8 Å². The number of benzene rings is 2. The van der Waals surface area contributed by atoms with Crippen molar-refractivity contribution in [2.24, 2.45) is 11.7 Å². The molecule has 2 aromatic carbocycles. The lowest BCUT2D eigenvalue weighted by Gasteiger charge is -2.33. The topological polar surface area (TPSA) is 258 Å². The summed E-state index contributed by atoms with van der Waals surface area (Å²) >= 11 is 0. The molecule has 1 saturated heterocycles. The van der Waals surface area contributed by atoms with Crippen LogP contribution in [0.25, 0.3) is 22.1 Å². The largest absolute Gasteiger partial charge is 0.494 e. The average Bonchev–Trinajstić information content (AvgIpc) is 4.08. The summed E-state index contributed by atoms with van der Waals surface area (Å²) in [7, 11) is 1.41. The molecule has 1 atom stereocenters. The highest BCUT2D eigenvalue weighted by molar-refractivity contribution is 6.05. The molecule has 7 rings (SSSR count). The van der Waals surface area contributed by atoms with Gasteiger partial charge in [0.2, 0.25) is 17.8 Å². The molecule has 0 saturated carbocycles. The summed E-state index contributed by atoms with van der Waals surface area (Å²) in [5.74, 6) is 4.26. The van der Waals surface area contributed by atoms with Gasteiger partial charge in [-0.15, -0.1) is 0 Å². The number of carbonyl (C=O) groups excluding carboxylic acids is 4. The zero-order valence-electron chi connectivity index (χ0n) is 40.6. The normalized spacial score (nSPS) is 13.9. The van der Waals surface area contributed by atoms with Crippen molar-refractivity contribution in [3.63, 3.8) is 0 Å². The van der Waals surface area contributed by atoms with Gasteiger partial charge in [-0.3, -0.25) is 34.4 Å². The number of primary amides is 1. The number of likely N-dealkylation sites (tertiary alicyclic amines) is 1. The number of piperidine rings is 1. The number of aryl methyl sites for hydroxylation is 4. The van der Waals surface area contributed by atoms with Crippen molar-refractivity contribution < 1.29 is 43.3 Å². The van der Waals surface area contributed by atoms with Crippen molar-refractivity contribution >= 4 is 63.7 Å². The number of ether oxygens (including phenoxy) is 3.